The molecule has 0 spiro atoms. The lowest BCUT2D eigenvalue weighted by Crippen LogP contribution is -2.20. The van der Waals surface area contributed by atoms with Crippen LogP contribution in [0.15, 0.2) is 18.2 Å². The second kappa shape index (κ2) is 4.84. The van der Waals surface area contributed by atoms with Crippen LogP contribution < -0.4 is 0 Å². The van der Waals surface area contributed by atoms with Gasteiger partial charge in [0.25, 0.3) is 0 Å². The Morgan fingerprint density at radius 2 is 1.53 bits per heavy atom. The lowest BCUT2D eigenvalue weighted by molar-refractivity contribution is -0.137. The third-order valence-electron chi connectivity index (χ3n) is 2.78. The van der Waals surface area contributed by atoms with E-state index < -0.39 is 23.2 Å². The van der Waals surface area contributed by atoms with Crippen LogP contribution in [0, 0.1) is 5.41 Å². The van der Waals surface area contributed by atoms with Crippen LogP contribution in [0.1, 0.15) is 61.0 Å². The number of benzene rings is 1. The van der Waals surface area contributed by atoms with Crippen molar-refractivity contribution in [3.63, 3.8) is 0 Å². The Bertz CT molecular complexity index is 532. The van der Waals surface area contributed by atoms with Crippen molar-refractivity contribution in [3.05, 3.63) is 34.8 Å². The van der Waals surface area contributed by atoms with Crippen molar-refractivity contribution in [2.24, 2.45) is 5.41 Å². The van der Waals surface area contributed by atoms with E-state index in [4.69, 9.17) is 2.74 Å². The molecule has 0 nitrogen and oxygen atoms in total. The van der Waals surface area contributed by atoms with Gasteiger partial charge >= 0.3 is 6.18 Å². The average Bonchev–Trinajstić information content (AvgIpc) is 2.19. The second-order valence-electron chi connectivity index (χ2n) is 7.19. The molecule has 0 N–H and O–H groups in total. The van der Waals surface area contributed by atoms with Gasteiger partial charge in [-0.1, -0.05) is 47.6 Å². The summed E-state index contributed by atoms with van der Waals surface area (Å²) in [7, 11) is 0. The van der Waals surface area contributed by atoms with E-state index in [1.165, 1.54) is 0 Å². The summed E-state index contributed by atoms with van der Waals surface area (Å²) in [6, 6.07) is 0.0287. The zero-order valence-electron chi connectivity index (χ0n) is 14.4. The van der Waals surface area contributed by atoms with E-state index in [0.29, 0.717) is 17.5 Å². The summed E-state index contributed by atoms with van der Waals surface area (Å²) >= 11 is 0. The SMILES string of the molecule is [2H]c1c(C(F)(F)F)cc(C(C)(C)C)c(CC(C)(C)C)c1[2H]. The quantitative estimate of drug-likeness (QED) is 0.626. The normalized spacial score (nSPS) is 15.2. The van der Waals surface area contributed by atoms with Crippen molar-refractivity contribution in [3.8, 4) is 0 Å². The molecule has 0 saturated carbocycles. The van der Waals surface area contributed by atoms with Gasteiger partial charge in [0.1, 0.15) is 0 Å². The molecule has 0 aliphatic carbocycles. The van der Waals surface area contributed by atoms with Gasteiger partial charge in [-0.2, -0.15) is 13.2 Å². The molecule has 0 saturated heterocycles. The molecule has 3 heteroatoms. The Morgan fingerprint density at radius 3 is 1.89 bits per heavy atom. The Labute approximate surface area is 116 Å². The molecule has 0 atom stereocenters. The fourth-order valence-corrected chi connectivity index (χ4v) is 1.97. The maximum absolute atomic E-state index is 13.1. The largest absolute Gasteiger partial charge is 0.416 e. The molecule has 0 amide bonds. The van der Waals surface area contributed by atoms with Gasteiger partial charge in [0.05, 0.1) is 8.30 Å². The number of alkyl halides is 3. The van der Waals surface area contributed by atoms with E-state index in [1.807, 2.05) is 41.5 Å². The highest BCUT2D eigenvalue weighted by Gasteiger charge is 2.32. The summed E-state index contributed by atoms with van der Waals surface area (Å²) in [5.74, 6) is 0. The maximum Gasteiger partial charge on any atom is 0.416 e. The number of hydrogen-bond acceptors (Lipinski definition) is 0. The Kier molecular flexibility index (Phi) is 3.32. The van der Waals surface area contributed by atoms with Crippen LogP contribution in [0.3, 0.4) is 0 Å². The molecule has 0 aromatic heterocycles. The number of rotatable bonds is 1. The summed E-state index contributed by atoms with van der Waals surface area (Å²) in [6.45, 7) is 11.4. The lowest BCUT2D eigenvalue weighted by Gasteiger charge is -2.28. The van der Waals surface area contributed by atoms with Gasteiger partial charge in [-0.05, 0) is 40.5 Å². The topological polar surface area (TPSA) is 0 Å². The highest BCUT2D eigenvalue weighted by Crippen LogP contribution is 2.36. The van der Waals surface area contributed by atoms with Crippen molar-refractivity contribution >= 4 is 0 Å². The predicted octanol–water partition coefficient (Wildman–Crippen LogP) is 5.59. The summed E-state index contributed by atoms with van der Waals surface area (Å²) in [5, 5.41) is 0. The Morgan fingerprint density at radius 1 is 1.00 bits per heavy atom. The van der Waals surface area contributed by atoms with E-state index in [-0.39, 0.29) is 11.5 Å². The molecule has 1 aromatic rings. The van der Waals surface area contributed by atoms with Crippen molar-refractivity contribution in [2.75, 3.05) is 0 Å². The monoisotopic (exact) mass is 274 g/mol. The molecule has 0 bridgehead atoms. The van der Waals surface area contributed by atoms with E-state index in [9.17, 15) is 13.2 Å². The molecule has 0 heterocycles. The molecule has 1 rings (SSSR count). The fraction of sp³-hybridized carbons (Fsp3) is 0.625. The molecule has 0 radical (unpaired) electrons. The van der Waals surface area contributed by atoms with Crippen LogP contribution in [0.2, 0.25) is 0 Å². The fourth-order valence-electron chi connectivity index (χ4n) is 1.97. The van der Waals surface area contributed by atoms with Gasteiger partial charge < -0.3 is 0 Å². The Hall–Kier alpha value is -0.990. The van der Waals surface area contributed by atoms with Crippen molar-refractivity contribution in [2.45, 2.75) is 59.6 Å². The zero-order valence-corrected chi connectivity index (χ0v) is 12.4. The Balaban J connectivity index is 3.69. The first-order chi connectivity index (χ1) is 9.14. The van der Waals surface area contributed by atoms with Crippen molar-refractivity contribution < 1.29 is 15.9 Å². The van der Waals surface area contributed by atoms with Gasteiger partial charge in [0.2, 0.25) is 0 Å². The first-order valence-corrected chi connectivity index (χ1v) is 6.35. The van der Waals surface area contributed by atoms with Gasteiger partial charge in [-0.25, -0.2) is 0 Å². The zero-order chi connectivity index (χ0) is 16.8. The van der Waals surface area contributed by atoms with E-state index in [1.54, 1.807) is 0 Å². The van der Waals surface area contributed by atoms with Crippen LogP contribution in [-0.2, 0) is 18.0 Å². The van der Waals surface area contributed by atoms with Gasteiger partial charge in [-0.3, -0.25) is 0 Å². The summed E-state index contributed by atoms with van der Waals surface area (Å²) in [5.41, 5.74) is -0.639. The van der Waals surface area contributed by atoms with E-state index in [0.717, 1.165) is 6.07 Å². The molecule has 0 fully saturated rings. The second-order valence-corrected chi connectivity index (χ2v) is 7.19. The molecule has 0 unspecified atom stereocenters. The molecule has 0 aliphatic heterocycles. The van der Waals surface area contributed by atoms with Crippen LogP contribution in [-0.4, -0.2) is 0 Å². The standard InChI is InChI=1S/C16H23F3/c1-14(2,3)10-11-7-8-12(16(17,18)19)9-13(11)15(4,5)6/h7-9H,10H2,1-6H3/i7D,8D. The molecule has 0 aliphatic rings. The first-order valence-electron chi connectivity index (χ1n) is 7.35. The third-order valence-corrected chi connectivity index (χ3v) is 2.78. The summed E-state index contributed by atoms with van der Waals surface area (Å²) in [4.78, 5) is 0. The first kappa shape index (κ1) is 13.0. The van der Waals surface area contributed by atoms with Crippen LogP contribution in [0.4, 0.5) is 13.2 Å². The minimum absolute atomic E-state index is 0.165. The maximum atomic E-state index is 13.1. The summed E-state index contributed by atoms with van der Waals surface area (Å²) in [6.07, 6.45) is -4.13. The van der Waals surface area contributed by atoms with Crippen LogP contribution in [0.5, 0.6) is 0 Å². The molecular formula is C16H23F3. The molecule has 1 aromatic carbocycles. The summed E-state index contributed by atoms with van der Waals surface area (Å²) < 4.78 is 54.9. The lowest BCUT2D eigenvalue weighted by atomic mass is 9.78. The number of halogens is 3. The minimum atomic E-state index is -4.60. The predicted molar refractivity (Wildman–Crippen MR) is 73.3 cm³/mol. The van der Waals surface area contributed by atoms with Crippen LogP contribution >= 0.6 is 0 Å². The highest BCUT2D eigenvalue weighted by molar-refractivity contribution is 5.38. The smallest absolute Gasteiger partial charge is 0.166 e. The molecule has 19 heavy (non-hydrogen) atoms. The number of hydrogen-bond donors (Lipinski definition) is 0. The average molecular weight is 274 g/mol. The molecular weight excluding hydrogens is 249 g/mol. The van der Waals surface area contributed by atoms with E-state index >= 15 is 0 Å². The van der Waals surface area contributed by atoms with Crippen molar-refractivity contribution in [1.82, 2.24) is 0 Å². The third kappa shape index (κ3) is 4.55. The highest BCUT2D eigenvalue weighted by atomic mass is 19.4. The van der Waals surface area contributed by atoms with Gasteiger partial charge in [0.15, 0.2) is 0 Å². The van der Waals surface area contributed by atoms with Crippen LogP contribution in [0.25, 0.3) is 0 Å². The van der Waals surface area contributed by atoms with E-state index in [2.05, 4.69) is 0 Å². The van der Waals surface area contributed by atoms with Gasteiger partial charge in [-0.15, -0.1) is 0 Å². The minimum Gasteiger partial charge on any atom is -0.166 e. The van der Waals surface area contributed by atoms with Crippen molar-refractivity contribution in [1.29, 1.82) is 0 Å². The molecule has 108 valence electrons. The van der Waals surface area contributed by atoms with Gasteiger partial charge in [0, 0.05) is 0 Å².